The minimum atomic E-state index is -0.657. The van der Waals surface area contributed by atoms with Gasteiger partial charge in [-0.3, -0.25) is 14.9 Å². The van der Waals surface area contributed by atoms with Crippen molar-refractivity contribution in [1.82, 2.24) is 9.88 Å². The molecule has 8 heteroatoms. The van der Waals surface area contributed by atoms with Gasteiger partial charge in [-0.15, -0.1) is 0 Å². The largest absolute Gasteiger partial charge is 0.433 e. The Morgan fingerprint density at radius 1 is 1.18 bits per heavy atom. The third-order valence-corrected chi connectivity index (χ3v) is 3.52. The SMILES string of the molecule is O=C(c1ccc([N+](=O)[O-])o1)N1CCN(c2ccccn2)CC1. The van der Waals surface area contributed by atoms with Crippen LogP contribution in [0.3, 0.4) is 0 Å². The van der Waals surface area contributed by atoms with E-state index < -0.39 is 10.8 Å². The molecule has 0 radical (unpaired) electrons. The Morgan fingerprint density at radius 2 is 1.95 bits per heavy atom. The van der Waals surface area contributed by atoms with Crippen molar-refractivity contribution < 1.29 is 14.1 Å². The van der Waals surface area contributed by atoms with Crippen LogP contribution in [0.25, 0.3) is 0 Å². The Hall–Kier alpha value is -2.90. The van der Waals surface area contributed by atoms with Gasteiger partial charge >= 0.3 is 5.88 Å². The molecule has 0 aromatic carbocycles. The molecule has 0 N–H and O–H groups in total. The number of carbonyl (C=O) groups excluding carboxylic acids is 1. The maximum atomic E-state index is 12.3. The number of nitrogens with zero attached hydrogens (tertiary/aromatic N) is 4. The maximum Gasteiger partial charge on any atom is 0.433 e. The summed E-state index contributed by atoms with van der Waals surface area (Å²) in [6.45, 7) is 2.35. The molecular weight excluding hydrogens is 288 g/mol. The number of hydrogen-bond donors (Lipinski definition) is 0. The summed E-state index contributed by atoms with van der Waals surface area (Å²) < 4.78 is 4.96. The number of aromatic nitrogens is 1. The molecular formula is C14H14N4O4. The lowest BCUT2D eigenvalue weighted by Gasteiger charge is -2.34. The van der Waals surface area contributed by atoms with Crippen LogP contribution in [-0.2, 0) is 0 Å². The van der Waals surface area contributed by atoms with E-state index in [2.05, 4.69) is 9.88 Å². The minimum Gasteiger partial charge on any atom is -0.395 e. The monoisotopic (exact) mass is 302 g/mol. The molecule has 114 valence electrons. The highest BCUT2D eigenvalue weighted by atomic mass is 16.6. The standard InChI is InChI=1S/C14H14N4O4/c19-14(11-4-5-13(22-11)18(20)21)17-9-7-16(8-10-17)12-3-1-2-6-15-12/h1-6H,7-10H2. The van der Waals surface area contributed by atoms with Crippen LogP contribution in [0.1, 0.15) is 10.6 Å². The van der Waals surface area contributed by atoms with Gasteiger partial charge in [0.2, 0.25) is 0 Å². The van der Waals surface area contributed by atoms with Gasteiger partial charge in [-0.1, -0.05) is 6.07 Å². The number of pyridine rings is 1. The van der Waals surface area contributed by atoms with E-state index in [1.165, 1.54) is 12.1 Å². The summed E-state index contributed by atoms with van der Waals surface area (Å²) in [6.07, 6.45) is 1.73. The lowest BCUT2D eigenvalue weighted by atomic mass is 10.2. The Labute approximate surface area is 126 Å². The fraction of sp³-hybridized carbons (Fsp3) is 0.286. The van der Waals surface area contributed by atoms with Crippen molar-refractivity contribution >= 4 is 17.6 Å². The van der Waals surface area contributed by atoms with Gasteiger partial charge in [-0.25, -0.2) is 4.98 Å². The summed E-state index contributed by atoms with van der Waals surface area (Å²) in [5.41, 5.74) is 0. The fourth-order valence-corrected chi connectivity index (χ4v) is 2.38. The van der Waals surface area contributed by atoms with Crippen molar-refractivity contribution in [3.63, 3.8) is 0 Å². The Balaban J connectivity index is 1.63. The van der Waals surface area contributed by atoms with Crippen LogP contribution in [0.5, 0.6) is 0 Å². The molecule has 2 aromatic rings. The predicted octanol–water partition coefficient (Wildman–Crippen LogP) is 1.55. The molecule has 0 spiro atoms. The summed E-state index contributed by atoms with van der Waals surface area (Å²) >= 11 is 0. The van der Waals surface area contributed by atoms with Gasteiger partial charge in [0.1, 0.15) is 10.7 Å². The summed E-state index contributed by atoms with van der Waals surface area (Å²) in [5, 5.41) is 10.6. The average Bonchev–Trinajstić information content (AvgIpc) is 3.05. The zero-order valence-corrected chi connectivity index (χ0v) is 11.7. The summed E-state index contributed by atoms with van der Waals surface area (Å²) in [4.78, 5) is 30.2. The maximum absolute atomic E-state index is 12.3. The number of piperazine rings is 1. The predicted molar refractivity (Wildman–Crippen MR) is 77.7 cm³/mol. The molecule has 0 atom stereocenters. The topological polar surface area (TPSA) is 92.7 Å². The third-order valence-electron chi connectivity index (χ3n) is 3.52. The highest BCUT2D eigenvalue weighted by Crippen LogP contribution is 2.19. The van der Waals surface area contributed by atoms with E-state index in [9.17, 15) is 14.9 Å². The van der Waals surface area contributed by atoms with E-state index in [0.29, 0.717) is 26.2 Å². The molecule has 0 bridgehead atoms. The Kier molecular flexibility index (Phi) is 3.73. The number of carbonyl (C=O) groups is 1. The first-order chi connectivity index (χ1) is 10.6. The van der Waals surface area contributed by atoms with Crippen LogP contribution in [0.15, 0.2) is 40.9 Å². The zero-order valence-electron chi connectivity index (χ0n) is 11.7. The van der Waals surface area contributed by atoms with Gasteiger partial charge < -0.3 is 14.2 Å². The fourth-order valence-electron chi connectivity index (χ4n) is 2.38. The van der Waals surface area contributed by atoms with Gasteiger partial charge in [0, 0.05) is 32.4 Å². The molecule has 22 heavy (non-hydrogen) atoms. The van der Waals surface area contributed by atoms with E-state index in [1.807, 2.05) is 18.2 Å². The van der Waals surface area contributed by atoms with Gasteiger partial charge in [0.05, 0.1) is 6.07 Å². The molecule has 3 rings (SSSR count). The third kappa shape index (κ3) is 2.76. The second-order valence-electron chi connectivity index (χ2n) is 4.86. The van der Waals surface area contributed by atoms with Crippen molar-refractivity contribution in [2.75, 3.05) is 31.1 Å². The molecule has 8 nitrogen and oxygen atoms in total. The van der Waals surface area contributed by atoms with Crippen LogP contribution in [-0.4, -0.2) is 46.9 Å². The summed E-state index contributed by atoms with van der Waals surface area (Å²) in [5.74, 6) is 0.130. The number of rotatable bonds is 3. The van der Waals surface area contributed by atoms with E-state index in [-0.39, 0.29) is 11.7 Å². The second kappa shape index (κ2) is 5.84. The van der Waals surface area contributed by atoms with Crippen molar-refractivity contribution in [2.24, 2.45) is 0 Å². The van der Waals surface area contributed by atoms with Crippen molar-refractivity contribution in [3.05, 3.63) is 52.4 Å². The lowest BCUT2D eigenvalue weighted by Crippen LogP contribution is -2.49. The number of hydrogen-bond acceptors (Lipinski definition) is 6. The van der Waals surface area contributed by atoms with Crippen molar-refractivity contribution in [2.45, 2.75) is 0 Å². The smallest absolute Gasteiger partial charge is 0.395 e. The van der Waals surface area contributed by atoms with Gasteiger partial charge in [0.15, 0.2) is 5.76 Å². The molecule has 1 saturated heterocycles. The molecule has 0 saturated carbocycles. The van der Waals surface area contributed by atoms with E-state index in [1.54, 1.807) is 11.1 Å². The van der Waals surface area contributed by atoms with Crippen molar-refractivity contribution in [3.8, 4) is 0 Å². The van der Waals surface area contributed by atoms with Crippen LogP contribution in [0.4, 0.5) is 11.7 Å². The molecule has 1 fully saturated rings. The first-order valence-corrected chi connectivity index (χ1v) is 6.84. The molecule has 1 aliphatic rings. The first-order valence-electron chi connectivity index (χ1n) is 6.84. The quantitative estimate of drug-likeness (QED) is 0.631. The van der Waals surface area contributed by atoms with Crippen LogP contribution in [0, 0.1) is 10.1 Å². The number of amides is 1. The highest BCUT2D eigenvalue weighted by Gasteiger charge is 2.26. The van der Waals surface area contributed by atoms with Crippen molar-refractivity contribution in [1.29, 1.82) is 0 Å². The molecule has 1 aliphatic heterocycles. The molecule has 0 unspecified atom stereocenters. The average molecular weight is 302 g/mol. The molecule has 0 aliphatic carbocycles. The molecule has 2 aromatic heterocycles. The second-order valence-corrected chi connectivity index (χ2v) is 4.86. The van der Waals surface area contributed by atoms with E-state index >= 15 is 0 Å². The summed E-state index contributed by atoms with van der Waals surface area (Å²) in [7, 11) is 0. The number of nitro groups is 1. The number of furan rings is 1. The van der Waals surface area contributed by atoms with Crippen LogP contribution >= 0.6 is 0 Å². The van der Waals surface area contributed by atoms with E-state index in [0.717, 1.165) is 5.82 Å². The van der Waals surface area contributed by atoms with Gasteiger partial charge in [0.25, 0.3) is 5.91 Å². The zero-order chi connectivity index (χ0) is 15.5. The Morgan fingerprint density at radius 3 is 2.55 bits per heavy atom. The number of anilines is 1. The van der Waals surface area contributed by atoms with E-state index in [4.69, 9.17) is 4.42 Å². The Bertz CT molecular complexity index is 677. The highest BCUT2D eigenvalue weighted by molar-refractivity contribution is 5.92. The minimum absolute atomic E-state index is 0.00186. The van der Waals surface area contributed by atoms with Crippen LogP contribution < -0.4 is 4.90 Å². The lowest BCUT2D eigenvalue weighted by molar-refractivity contribution is -0.402. The van der Waals surface area contributed by atoms with Crippen LogP contribution in [0.2, 0.25) is 0 Å². The molecule has 3 heterocycles. The molecule has 1 amide bonds. The van der Waals surface area contributed by atoms with Gasteiger partial charge in [-0.2, -0.15) is 0 Å². The van der Waals surface area contributed by atoms with Gasteiger partial charge in [-0.05, 0) is 18.2 Å². The normalized spacial score (nSPS) is 14.9. The summed E-state index contributed by atoms with van der Waals surface area (Å²) in [6, 6.07) is 8.23. The first kappa shape index (κ1) is 14.1.